The minimum Gasteiger partial charge on any atom is -0.338 e. The Labute approximate surface area is 78.6 Å². The third-order valence-electron chi connectivity index (χ3n) is 2.91. The molecule has 76 valence electrons. The van der Waals surface area contributed by atoms with Gasteiger partial charge in [-0.15, -0.1) is 0 Å². The number of carbonyl (C=O) groups excluding carboxylic acids is 1. The summed E-state index contributed by atoms with van der Waals surface area (Å²) in [5.41, 5.74) is -0.673. The fraction of sp³-hybridized carbons (Fsp3) is 0.875. The normalized spacial score (nSPS) is 26.4. The minimum absolute atomic E-state index is 0.132. The number of nitrogens with one attached hydrogen (secondary N) is 1. The quantitative estimate of drug-likeness (QED) is 0.674. The molecule has 1 atom stereocenters. The average Bonchev–Trinajstić information content (AvgIpc) is 2.01. The SMILES string of the molecule is CCC1(CC)C(=O)NC1S(C)(=O)=O. The maximum atomic E-state index is 11.3. The van der Waals surface area contributed by atoms with Crippen LogP contribution in [-0.4, -0.2) is 26.0 Å². The Balaban J connectivity index is 3.01. The summed E-state index contributed by atoms with van der Waals surface area (Å²) in [6, 6.07) is 0. The first kappa shape index (κ1) is 10.5. The lowest BCUT2D eigenvalue weighted by Crippen LogP contribution is -2.69. The van der Waals surface area contributed by atoms with Crippen molar-refractivity contribution in [3.8, 4) is 0 Å². The molecule has 0 bridgehead atoms. The summed E-state index contributed by atoms with van der Waals surface area (Å²) in [5.74, 6) is -0.132. The highest BCUT2D eigenvalue weighted by atomic mass is 32.2. The van der Waals surface area contributed by atoms with E-state index in [9.17, 15) is 13.2 Å². The molecule has 13 heavy (non-hydrogen) atoms. The highest BCUT2D eigenvalue weighted by molar-refractivity contribution is 7.91. The van der Waals surface area contributed by atoms with Crippen LogP contribution in [0.2, 0.25) is 0 Å². The smallest absolute Gasteiger partial charge is 0.230 e. The van der Waals surface area contributed by atoms with Gasteiger partial charge >= 0.3 is 0 Å². The van der Waals surface area contributed by atoms with Crippen LogP contribution in [0.25, 0.3) is 0 Å². The number of carbonyl (C=O) groups is 1. The molecule has 1 rings (SSSR count). The predicted octanol–water partition coefficient (Wildman–Crippen LogP) is 0.293. The maximum Gasteiger partial charge on any atom is 0.230 e. The van der Waals surface area contributed by atoms with E-state index in [1.807, 2.05) is 13.8 Å². The van der Waals surface area contributed by atoms with Crippen LogP contribution in [0.15, 0.2) is 0 Å². The van der Waals surface area contributed by atoms with Gasteiger partial charge < -0.3 is 5.32 Å². The largest absolute Gasteiger partial charge is 0.338 e. The molecule has 1 unspecified atom stereocenters. The fourth-order valence-electron chi connectivity index (χ4n) is 1.90. The van der Waals surface area contributed by atoms with Crippen LogP contribution in [0.3, 0.4) is 0 Å². The van der Waals surface area contributed by atoms with Crippen molar-refractivity contribution in [2.75, 3.05) is 6.26 Å². The third-order valence-corrected chi connectivity index (χ3v) is 4.33. The van der Waals surface area contributed by atoms with Crippen molar-refractivity contribution >= 4 is 15.7 Å². The van der Waals surface area contributed by atoms with E-state index in [0.717, 1.165) is 6.26 Å². The second-order valence-electron chi connectivity index (χ2n) is 3.55. The zero-order valence-electron chi connectivity index (χ0n) is 8.12. The maximum absolute atomic E-state index is 11.3. The molecule has 0 saturated carbocycles. The molecule has 0 aromatic heterocycles. The molecule has 0 aliphatic carbocycles. The van der Waals surface area contributed by atoms with Gasteiger partial charge in [-0.2, -0.15) is 0 Å². The van der Waals surface area contributed by atoms with Crippen molar-refractivity contribution in [3.05, 3.63) is 0 Å². The van der Waals surface area contributed by atoms with Gasteiger partial charge in [-0.05, 0) is 12.8 Å². The number of hydrogen-bond donors (Lipinski definition) is 1. The van der Waals surface area contributed by atoms with Crippen molar-refractivity contribution in [1.82, 2.24) is 5.32 Å². The fourth-order valence-corrected chi connectivity index (χ4v) is 3.48. The van der Waals surface area contributed by atoms with E-state index < -0.39 is 20.6 Å². The number of β-lactam (4-membered cyclic amide) rings is 1. The molecule has 5 heteroatoms. The van der Waals surface area contributed by atoms with Crippen LogP contribution in [0.1, 0.15) is 26.7 Å². The Morgan fingerprint density at radius 3 is 2.00 bits per heavy atom. The van der Waals surface area contributed by atoms with Gasteiger partial charge in [-0.3, -0.25) is 4.79 Å². The molecule has 1 fully saturated rings. The van der Waals surface area contributed by atoms with E-state index in [1.54, 1.807) is 0 Å². The van der Waals surface area contributed by atoms with E-state index in [1.165, 1.54) is 0 Å². The van der Waals surface area contributed by atoms with Crippen molar-refractivity contribution in [3.63, 3.8) is 0 Å². The first-order chi connectivity index (χ1) is 5.88. The molecule has 1 heterocycles. The molecule has 0 spiro atoms. The lowest BCUT2D eigenvalue weighted by molar-refractivity contribution is -0.142. The first-order valence-corrected chi connectivity index (χ1v) is 6.33. The number of rotatable bonds is 3. The Kier molecular flexibility index (Phi) is 2.40. The molecule has 0 radical (unpaired) electrons. The van der Waals surface area contributed by atoms with Gasteiger partial charge in [0.05, 0.1) is 5.41 Å². The Morgan fingerprint density at radius 2 is 1.85 bits per heavy atom. The summed E-state index contributed by atoms with van der Waals surface area (Å²) in [6.07, 6.45) is 2.32. The molecular weight excluding hydrogens is 190 g/mol. The van der Waals surface area contributed by atoms with Gasteiger partial charge in [0.1, 0.15) is 5.37 Å². The molecule has 1 aliphatic rings. The van der Waals surface area contributed by atoms with E-state index in [2.05, 4.69) is 5.32 Å². The summed E-state index contributed by atoms with van der Waals surface area (Å²) in [6.45, 7) is 3.70. The molecule has 1 aliphatic heterocycles. The Bertz CT molecular complexity index is 316. The van der Waals surface area contributed by atoms with Crippen LogP contribution in [-0.2, 0) is 14.6 Å². The average molecular weight is 205 g/mol. The molecule has 0 aromatic rings. The van der Waals surface area contributed by atoms with Gasteiger partial charge in [0.2, 0.25) is 5.91 Å². The number of sulfone groups is 1. The third kappa shape index (κ3) is 1.35. The van der Waals surface area contributed by atoms with E-state index in [0.29, 0.717) is 12.8 Å². The minimum atomic E-state index is -3.16. The lowest BCUT2D eigenvalue weighted by atomic mass is 9.75. The predicted molar refractivity (Wildman–Crippen MR) is 49.8 cm³/mol. The van der Waals surface area contributed by atoms with Crippen LogP contribution in [0.4, 0.5) is 0 Å². The van der Waals surface area contributed by atoms with E-state index in [4.69, 9.17) is 0 Å². The second-order valence-corrected chi connectivity index (χ2v) is 5.68. The van der Waals surface area contributed by atoms with Gasteiger partial charge in [0, 0.05) is 6.26 Å². The van der Waals surface area contributed by atoms with Crippen LogP contribution in [0, 0.1) is 5.41 Å². The molecular formula is C8H15NO3S. The monoisotopic (exact) mass is 205 g/mol. The molecule has 4 nitrogen and oxygen atoms in total. The molecule has 1 N–H and O–H groups in total. The van der Waals surface area contributed by atoms with Crippen molar-refractivity contribution < 1.29 is 13.2 Å². The first-order valence-electron chi connectivity index (χ1n) is 4.38. The van der Waals surface area contributed by atoms with Crippen molar-refractivity contribution in [2.45, 2.75) is 32.1 Å². The highest BCUT2D eigenvalue weighted by Crippen LogP contribution is 2.40. The Morgan fingerprint density at radius 1 is 1.38 bits per heavy atom. The number of hydrogen-bond acceptors (Lipinski definition) is 3. The van der Waals surface area contributed by atoms with Gasteiger partial charge in [0.15, 0.2) is 9.84 Å². The second kappa shape index (κ2) is 2.97. The summed E-state index contributed by atoms with van der Waals surface area (Å²) in [4.78, 5) is 11.3. The molecule has 1 amide bonds. The standard InChI is InChI=1S/C8H15NO3S/c1-4-8(5-2)6(10)9-7(8)13(3,11)12/h7H,4-5H2,1-3H3,(H,9,10). The van der Waals surface area contributed by atoms with Crippen molar-refractivity contribution in [1.29, 1.82) is 0 Å². The summed E-state index contributed by atoms with van der Waals surface area (Å²) in [5, 5.41) is 1.77. The van der Waals surface area contributed by atoms with Gasteiger partial charge in [-0.1, -0.05) is 13.8 Å². The zero-order chi connectivity index (χ0) is 10.3. The summed E-state index contributed by atoms with van der Waals surface area (Å²) in [7, 11) is -3.16. The van der Waals surface area contributed by atoms with Crippen LogP contribution in [0.5, 0.6) is 0 Å². The van der Waals surface area contributed by atoms with Gasteiger partial charge in [-0.25, -0.2) is 8.42 Å². The number of amides is 1. The van der Waals surface area contributed by atoms with Crippen molar-refractivity contribution in [2.24, 2.45) is 5.41 Å². The highest BCUT2D eigenvalue weighted by Gasteiger charge is 2.56. The topological polar surface area (TPSA) is 63.2 Å². The summed E-state index contributed by atoms with van der Waals surface area (Å²) >= 11 is 0. The summed E-state index contributed by atoms with van der Waals surface area (Å²) < 4.78 is 22.6. The van der Waals surface area contributed by atoms with Crippen LogP contribution < -0.4 is 5.32 Å². The Hall–Kier alpha value is -0.580. The van der Waals surface area contributed by atoms with E-state index in [-0.39, 0.29) is 5.91 Å². The van der Waals surface area contributed by atoms with Gasteiger partial charge in [0.25, 0.3) is 0 Å². The van der Waals surface area contributed by atoms with Crippen LogP contribution >= 0.6 is 0 Å². The molecule has 0 aromatic carbocycles. The zero-order valence-corrected chi connectivity index (χ0v) is 8.94. The lowest BCUT2D eigenvalue weighted by Gasteiger charge is -2.46. The molecule has 1 saturated heterocycles. The van der Waals surface area contributed by atoms with E-state index >= 15 is 0 Å².